The van der Waals surface area contributed by atoms with Crippen molar-refractivity contribution in [2.75, 3.05) is 36.5 Å². The fraction of sp³-hybridized carbons (Fsp3) is 1.00. The minimum atomic E-state index is -0.203. The summed E-state index contributed by atoms with van der Waals surface area (Å²) in [5.74, 6) is 1.52. The van der Waals surface area contributed by atoms with Crippen molar-refractivity contribution in [1.29, 1.82) is 0 Å². The van der Waals surface area contributed by atoms with Crippen LogP contribution in [-0.2, 0) is 21.8 Å². The van der Waals surface area contributed by atoms with Crippen molar-refractivity contribution < 1.29 is 10.2 Å². The van der Waals surface area contributed by atoms with Crippen molar-refractivity contribution in [3.05, 3.63) is 0 Å². The van der Waals surface area contributed by atoms with Gasteiger partial charge in [0.2, 0.25) is 10.9 Å². The molecule has 0 aliphatic rings. The van der Waals surface area contributed by atoms with Gasteiger partial charge in [-0.05, 0) is 0 Å². The molecule has 2 atom stereocenters. The van der Waals surface area contributed by atoms with Gasteiger partial charge in [-0.2, -0.15) is 0 Å². The van der Waals surface area contributed by atoms with Gasteiger partial charge in [0, 0.05) is 21.8 Å². The summed E-state index contributed by atoms with van der Waals surface area (Å²) in [4.78, 5) is 0. The van der Waals surface area contributed by atoms with E-state index < -0.39 is 0 Å². The molecular formula is C8H20O2S4+2. The van der Waals surface area contributed by atoms with Crippen molar-refractivity contribution in [3.8, 4) is 0 Å². The molecule has 0 spiro atoms. The highest BCUT2D eigenvalue weighted by molar-refractivity contribution is 8.76. The molecule has 0 radical (unpaired) electrons. The Morgan fingerprint density at radius 2 is 1.14 bits per heavy atom. The molecule has 0 aliphatic carbocycles. The van der Waals surface area contributed by atoms with E-state index in [0.717, 1.165) is 11.5 Å². The summed E-state index contributed by atoms with van der Waals surface area (Å²) in [6, 6.07) is 0. The largest absolute Gasteiger partial charge is 0.349 e. The first-order chi connectivity index (χ1) is 6.45. The van der Waals surface area contributed by atoms with E-state index >= 15 is 0 Å². The molecule has 0 fully saturated rings. The number of aliphatic hydroxyl groups excluding tert-OH is 2. The van der Waals surface area contributed by atoms with E-state index in [1.807, 2.05) is 25.0 Å². The summed E-state index contributed by atoms with van der Waals surface area (Å²) in [6.45, 7) is 0. The lowest BCUT2D eigenvalue weighted by atomic mass is 10.9. The predicted molar refractivity (Wildman–Crippen MR) is 75.4 cm³/mol. The van der Waals surface area contributed by atoms with Crippen molar-refractivity contribution in [3.63, 3.8) is 0 Å². The van der Waals surface area contributed by atoms with Gasteiger partial charge >= 0.3 is 0 Å². The van der Waals surface area contributed by atoms with Crippen LogP contribution in [0.15, 0.2) is 0 Å². The van der Waals surface area contributed by atoms with Crippen LogP contribution >= 0.6 is 21.6 Å². The van der Waals surface area contributed by atoms with E-state index in [1.165, 1.54) is 0 Å². The summed E-state index contributed by atoms with van der Waals surface area (Å²) in [6.07, 6.45) is 8.17. The van der Waals surface area contributed by atoms with Gasteiger partial charge in [0.25, 0.3) is 0 Å². The Kier molecular flexibility index (Phi) is 9.27. The monoisotopic (exact) mass is 276 g/mol. The minimum absolute atomic E-state index is 0.0773. The molecule has 2 nitrogen and oxygen atoms in total. The van der Waals surface area contributed by atoms with Crippen LogP contribution in [0.4, 0.5) is 0 Å². The zero-order valence-electron chi connectivity index (χ0n) is 9.10. The fourth-order valence-electron chi connectivity index (χ4n) is 0.485. The van der Waals surface area contributed by atoms with Gasteiger partial charge in [0.1, 0.15) is 0 Å². The van der Waals surface area contributed by atoms with Crippen molar-refractivity contribution in [2.45, 2.75) is 10.9 Å². The van der Waals surface area contributed by atoms with Crippen LogP contribution in [-0.4, -0.2) is 57.6 Å². The number of hydrogen-bond donors (Lipinski definition) is 2. The minimum Gasteiger partial charge on any atom is -0.349 e. The van der Waals surface area contributed by atoms with Crippen molar-refractivity contribution in [1.82, 2.24) is 0 Å². The van der Waals surface area contributed by atoms with Crippen LogP contribution in [0.25, 0.3) is 0 Å². The zero-order chi connectivity index (χ0) is 11.1. The second-order valence-corrected chi connectivity index (χ2v) is 10.4. The smallest absolute Gasteiger partial charge is 0.225 e. The van der Waals surface area contributed by atoms with E-state index in [0.29, 0.717) is 0 Å². The Bertz CT molecular complexity index is 127. The van der Waals surface area contributed by atoms with Gasteiger partial charge in [-0.1, -0.05) is 21.6 Å². The Morgan fingerprint density at radius 1 is 0.857 bits per heavy atom. The Labute approximate surface area is 101 Å². The third-order valence-electron chi connectivity index (χ3n) is 1.59. The summed E-state index contributed by atoms with van der Waals surface area (Å²) < 4.78 is 0. The van der Waals surface area contributed by atoms with Crippen LogP contribution in [0.1, 0.15) is 0 Å². The van der Waals surface area contributed by atoms with E-state index in [4.69, 9.17) is 0 Å². The third-order valence-corrected chi connectivity index (χ3v) is 6.91. The lowest BCUT2D eigenvalue weighted by Gasteiger charge is -2.08. The topological polar surface area (TPSA) is 40.5 Å². The predicted octanol–water partition coefficient (Wildman–Crippen LogP) is 0.760. The molecule has 6 heteroatoms. The van der Waals surface area contributed by atoms with Crippen molar-refractivity contribution in [2.24, 2.45) is 0 Å². The van der Waals surface area contributed by atoms with Gasteiger partial charge in [0.15, 0.2) is 0 Å². The molecule has 0 aromatic heterocycles. The molecule has 14 heavy (non-hydrogen) atoms. The first kappa shape index (κ1) is 15.3. The number of rotatable bonds is 7. The lowest BCUT2D eigenvalue weighted by molar-refractivity contribution is 0.285. The van der Waals surface area contributed by atoms with Gasteiger partial charge in [-0.3, -0.25) is 0 Å². The molecule has 0 amide bonds. The van der Waals surface area contributed by atoms with E-state index in [-0.39, 0.29) is 32.7 Å². The average molecular weight is 277 g/mol. The van der Waals surface area contributed by atoms with E-state index in [2.05, 4.69) is 0 Å². The number of hydrogen-bond acceptors (Lipinski definition) is 4. The lowest BCUT2D eigenvalue weighted by Crippen LogP contribution is -2.22. The van der Waals surface area contributed by atoms with Gasteiger partial charge in [-0.25, -0.2) is 0 Å². The second kappa shape index (κ2) is 8.47. The molecule has 2 unspecified atom stereocenters. The molecule has 2 N–H and O–H groups in total. The second-order valence-electron chi connectivity index (χ2n) is 3.24. The molecule has 0 aliphatic heterocycles. The summed E-state index contributed by atoms with van der Waals surface area (Å²) >= 11 is 0. The van der Waals surface area contributed by atoms with Gasteiger partial charge in [0.05, 0.1) is 36.5 Å². The summed E-state index contributed by atoms with van der Waals surface area (Å²) in [5.41, 5.74) is -0.405. The normalized spacial score (nSPS) is 16.3. The Balaban J connectivity index is 3.38. The zero-order valence-corrected chi connectivity index (χ0v) is 12.4. The highest BCUT2D eigenvalue weighted by Crippen LogP contribution is 2.24. The van der Waals surface area contributed by atoms with Gasteiger partial charge in [-0.15, -0.1) is 0 Å². The SMILES string of the molecule is C[S+](C)C(O)CSSCC(O)[S+](C)C. The highest BCUT2D eigenvalue weighted by atomic mass is 33.1. The standard InChI is InChI=1S/C8H20O2S4/c1-13(2)7(9)5-11-12-6-8(10)14(3)4/h7-10H,5-6H2,1-4H3/q+2. The molecule has 0 heterocycles. The molecule has 0 rings (SSSR count). The average Bonchev–Trinajstić information content (AvgIpc) is 2.11. The maximum atomic E-state index is 9.52. The van der Waals surface area contributed by atoms with Crippen LogP contribution in [0.3, 0.4) is 0 Å². The molecule has 0 aromatic rings. The molecular weight excluding hydrogens is 256 g/mol. The summed E-state index contributed by atoms with van der Waals surface area (Å²) in [7, 11) is 3.46. The van der Waals surface area contributed by atoms with Crippen LogP contribution in [0.5, 0.6) is 0 Å². The molecule has 0 saturated carbocycles. The van der Waals surface area contributed by atoms with E-state index in [9.17, 15) is 10.2 Å². The molecule has 86 valence electrons. The van der Waals surface area contributed by atoms with Crippen LogP contribution in [0, 0.1) is 0 Å². The maximum absolute atomic E-state index is 9.52. The first-order valence-electron chi connectivity index (χ1n) is 4.18. The van der Waals surface area contributed by atoms with Crippen LogP contribution in [0.2, 0.25) is 0 Å². The molecule has 0 bridgehead atoms. The third kappa shape index (κ3) is 7.59. The van der Waals surface area contributed by atoms with Crippen LogP contribution < -0.4 is 0 Å². The molecule has 0 saturated heterocycles. The highest BCUT2D eigenvalue weighted by Gasteiger charge is 2.20. The Hall–Kier alpha value is 1.32. The first-order valence-corrected chi connectivity index (χ1v) is 10.9. The van der Waals surface area contributed by atoms with Gasteiger partial charge < -0.3 is 10.2 Å². The molecule has 0 aromatic carbocycles. The quantitative estimate of drug-likeness (QED) is 0.409. The Morgan fingerprint density at radius 3 is 1.36 bits per heavy atom. The maximum Gasteiger partial charge on any atom is 0.225 e. The van der Waals surface area contributed by atoms with Crippen molar-refractivity contribution >= 4 is 43.4 Å². The fourth-order valence-corrected chi connectivity index (χ4v) is 5.36. The van der Waals surface area contributed by atoms with E-state index in [1.54, 1.807) is 21.6 Å². The number of aliphatic hydroxyl groups is 2. The summed E-state index contributed by atoms with van der Waals surface area (Å²) in [5, 5.41) is 19.0.